The predicted octanol–water partition coefficient (Wildman–Crippen LogP) is -0.834. The van der Waals surface area contributed by atoms with Crippen LogP contribution in [-0.2, 0) is 40.5 Å². The fraction of sp³-hybridized carbons (Fsp3) is 0.412. The summed E-state index contributed by atoms with van der Waals surface area (Å²) in [5.41, 5.74) is -0.360. The molecule has 0 saturated carbocycles. The largest absolute Gasteiger partial charge is 0.394 e. The zero-order chi connectivity index (χ0) is 49.0. The average Bonchev–Trinajstić information content (AvgIpc) is 3.22. The molecule has 0 bridgehead atoms. The van der Waals surface area contributed by atoms with E-state index in [-0.39, 0.29) is 97.2 Å². The Morgan fingerprint density at radius 2 is 0.909 bits per heavy atom. The summed E-state index contributed by atoms with van der Waals surface area (Å²) in [5, 5.41) is 48.7. The molecule has 0 aliphatic rings. The second kappa shape index (κ2) is 22.8. The average molecular weight is 1010 g/mol. The Balaban J connectivity index is 1.66. The first-order valence-corrected chi connectivity index (χ1v) is 25.2. The van der Waals surface area contributed by atoms with Crippen molar-refractivity contribution in [3.05, 3.63) is 47.5 Å². The summed E-state index contributed by atoms with van der Waals surface area (Å²) >= 11 is 0. The van der Waals surface area contributed by atoms with E-state index < -0.39 is 87.2 Å². The third-order valence-electron chi connectivity index (χ3n) is 8.77. The number of hydrogen-bond donors (Lipinski definition) is 12. The third-order valence-corrected chi connectivity index (χ3v) is 12.0. The normalized spacial score (nSPS) is 13.3. The van der Waals surface area contributed by atoms with Crippen LogP contribution in [0, 0.1) is 0 Å². The maximum absolute atomic E-state index is 12.6. The summed E-state index contributed by atoms with van der Waals surface area (Å²) in [4.78, 5) is 26.7. The molecule has 4 aromatic rings. The summed E-state index contributed by atoms with van der Waals surface area (Å²) in [6, 6.07) is 7.10. The molecule has 66 heavy (non-hydrogen) atoms. The maximum atomic E-state index is 12.6. The van der Waals surface area contributed by atoms with Crippen molar-refractivity contribution >= 4 is 99.7 Å². The number of benzene rings is 2. The van der Waals surface area contributed by atoms with Gasteiger partial charge in [0.1, 0.15) is 9.79 Å². The van der Waals surface area contributed by atoms with Crippen molar-refractivity contribution < 1.29 is 72.3 Å². The van der Waals surface area contributed by atoms with Crippen LogP contribution >= 0.6 is 0 Å². The molecule has 0 radical (unpaired) electrons. The van der Waals surface area contributed by atoms with E-state index in [1.54, 1.807) is 0 Å². The van der Waals surface area contributed by atoms with E-state index >= 15 is 0 Å². The van der Waals surface area contributed by atoms with Crippen molar-refractivity contribution in [2.75, 3.05) is 96.1 Å². The summed E-state index contributed by atoms with van der Waals surface area (Å²) in [7, 11) is -15.7. The molecule has 0 saturated heterocycles. The summed E-state index contributed by atoms with van der Waals surface area (Å²) in [5.74, 6) is -2.26. The van der Waals surface area contributed by atoms with E-state index in [9.17, 15) is 63.2 Å². The van der Waals surface area contributed by atoms with E-state index in [0.29, 0.717) is 0 Å². The predicted molar refractivity (Wildman–Crippen MR) is 239 cm³/mol. The van der Waals surface area contributed by atoms with Crippen molar-refractivity contribution in [2.45, 2.75) is 34.8 Å². The molecular formula is C34H48N12O16S4. The number of aliphatic hydroxyl groups is 4. The molecule has 0 amide bonds. The van der Waals surface area contributed by atoms with Crippen molar-refractivity contribution in [1.82, 2.24) is 29.9 Å². The Labute approximate surface area is 378 Å². The standard InChI is InChI=1S/C34H48N12O16S4/c1-45(13-9-25(49)19-47)33-41-29(35-11-15-63(51,52)53)39-31(43-33)37-23-7-5-21(27(17-23)65(57,58)59)3-4-22-6-8-24(18-28(22)66(60,61)62)38-32-40-30(36-12-16-64(54,55)56)42-34(44-32)46(2)14-10-26(50)20-48/h3-8,17-18,25-26,47-50H,9-16,19-20H2,1-2H3,(H,51,52,53)(H,54,55,56)(H,57,58,59)(H,60,61,62)(H2,35,37,39,41,43)(H2,36,38,40,42,44)/b4-3+. The van der Waals surface area contributed by atoms with Crippen LogP contribution in [0.25, 0.3) is 12.2 Å². The van der Waals surface area contributed by atoms with E-state index in [1.165, 1.54) is 48.2 Å². The lowest BCUT2D eigenvalue weighted by Crippen LogP contribution is -2.27. The van der Waals surface area contributed by atoms with Crippen LogP contribution in [0.4, 0.5) is 47.1 Å². The van der Waals surface area contributed by atoms with Gasteiger partial charge in [0.05, 0.1) is 36.9 Å². The fourth-order valence-corrected chi connectivity index (χ4v) is 7.52. The summed E-state index contributed by atoms with van der Waals surface area (Å²) < 4.78 is 134. The number of hydrogen-bond acceptors (Lipinski definition) is 24. The molecule has 0 aliphatic carbocycles. The minimum atomic E-state index is -5.00. The molecule has 364 valence electrons. The van der Waals surface area contributed by atoms with E-state index in [0.717, 1.165) is 24.3 Å². The van der Waals surface area contributed by atoms with E-state index in [2.05, 4.69) is 51.2 Å². The van der Waals surface area contributed by atoms with Gasteiger partial charge in [-0.1, -0.05) is 24.3 Å². The van der Waals surface area contributed by atoms with Gasteiger partial charge in [0.15, 0.2) is 0 Å². The minimum Gasteiger partial charge on any atom is -0.394 e. The lowest BCUT2D eigenvalue weighted by atomic mass is 10.1. The Kier molecular flexibility index (Phi) is 18.3. The first-order chi connectivity index (χ1) is 30.7. The number of rotatable bonds is 26. The first-order valence-electron chi connectivity index (χ1n) is 19.1. The van der Waals surface area contributed by atoms with Crippen molar-refractivity contribution in [3.8, 4) is 0 Å². The van der Waals surface area contributed by atoms with Crippen LogP contribution in [0.2, 0.25) is 0 Å². The van der Waals surface area contributed by atoms with Gasteiger partial charge in [-0.15, -0.1) is 0 Å². The quantitative estimate of drug-likeness (QED) is 0.0270. The van der Waals surface area contributed by atoms with Crippen molar-refractivity contribution in [2.24, 2.45) is 0 Å². The molecular weight excluding hydrogens is 961 g/mol. The van der Waals surface area contributed by atoms with E-state index in [1.807, 2.05) is 0 Å². The van der Waals surface area contributed by atoms with Gasteiger partial charge in [0.25, 0.3) is 40.5 Å². The first kappa shape index (κ1) is 53.1. The minimum absolute atomic E-state index is 0.0135. The van der Waals surface area contributed by atoms with Gasteiger partial charge in [-0.25, -0.2) is 0 Å². The molecule has 2 unspecified atom stereocenters. The van der Waals surface area contributed by atoms with Crippen LogP contribution in [0.1, 0.15) is 24.0 Å². The molecule has 4 rings (SSSR count). The van der Waals surface area contributed by atoms with Gasteiger partial charge in [0, 0.05) is 51.6 Å². The van der Waals surface area contributed by atoms with Gasteiger partial charge >= 0.3 is 0 Å². The van der Waals surface area contributed by atoms with Gasteiger partial charge < -0.3 is 51.5 Å². The number of nitrogens with zero attached hydrogens (tertiary/aromatic N) is 8. The number of anilines is 8. The Morgan fingerprint density at radius 3 is 1.23 bits per heavy atom. The molecule has 2 aromatic carbocycles. The topological polar surface area (TPSA) is 430 Å². The lowest BCUT2D eigenvalue weighted by Gasteiger charge is -2.20. The second-order valence-corrected chi connectivity index (χ2v) is 20.0. The lowest BCUT2D eigenvalue weighted by molar-refractivity contribution is 0.0899. The SMILES string of the molecule is CN(CCC(O)CO)c1nc(NCCS(=O)(=O)O)nc(Nc2ccc(/C=C/c3ccc(Nc4nc(NCCS(=O)(=O)O)nc(N(C)CCC(O)CO)n4)cc3S(=O)(=O)O)c(S(=O)(=O)O)c2)n1. The molecule has 0 fully saturated rings. The van der Waals surface area contributed by atoms with Crippen LogP contribution in [0.3, 0.4) is 0 Å². The van der Waals surface area contributed by atoms with Crippen LogP contribution in [0.15, 0.2) is 46.2 Å². The molecule has 2 aromatic heterocycles. The van der Waals surface area contributed by atoms with Gasteiger partial charge in [0.2, 0.25) is 35.7 Å². The van der Waals surface area contributed by atoms with Crippen LogP contribution in [0.5, 0.6) is 0 Å². The van der Waals surface area contributed by atoms with Gasteiger partial charge in [-0.2, -0.15) is 63.6 Å². The molecule has 28 nitrogen and oxygen atoms in total. The Hall–Kier alpha value is -5.52. The molecule has 2 atom stereocenters. The molecule has 32 heteroatoms. The smallest absolute Gasteiger partial charge is 0.295 e. The highest BCUT2D eigenvalue weighted by Gasteiger charge is 2.21. The zero-order valence-corrected chi connectivity index (χ0v) is 38.2. The Bertz CT molecular complexity index is 2620. The Morgan fingerprint density at radius 1 is 0.561 bits per heavy atom. The maximum Gasteiger partial charge on any atom is 0.295 e. The third kappa shape index (κ3) is 17.4. The van der Waals surface area contributed by atoms with Crippen LogP contribution < -0.4 is 31.1 Å². The number of nitrogens with one attached hydrogen (secondary N) is 4. The molecule has 0 aliphatic heterocycles. The molecule has 12 N–H and O–H groups in total. The molecule has 0 spiro atoms. The second-order valence-electron chi connectivity index (χ2n) is 14.1. The highest BCUT2D eigenvalue weighted by molar-refractivity contribution is 7.86. The number of aromatic nitrogens is 6. The highest BCUT2D eigenvalue weighted by atomic mass is 32.2. The van der Waals surface area contributed by atoms with E-state index in [4.69, 9.17) is 9.11 Å². The monoisotopic (exact) mass is 1010 g/mol. The number of aliphatic hydroxyl groups excluding tert-OH is 4. The summed E-state index contributed by atoms with van der Waals surface area (Å²) in [6.07, 6.45) is 0.334. The van der Waals surface area contributed by atoms with Gasteiger partial charge in [-0.05, 0) is 48.2 Å². The summed E-state index contributed by atoms with van der Waals surface area (Å²) in [6.45, 7) is -1.42. The highest BCUT2D eigenvalue weighted by Crippen LogP contribution is 2.29. The van der Waals surface area contributed by atoms with Crippen LogP contribution in [-0.4, -0.2) is 179 Å². The van der Waals surface area contributed by atoms with Crippen molar-refractivity contribution in [1.29, 1.82) is 0 Å². The zero-order valence-electron chi connectivity index (χ0n) is 34.9. The fourth-order valence-electron chi connectivity index (χ4n) is 5.38. The van der Waals surface area contributed by atoms with Crippen molar-refractivity contribution in [3.63, 3.8) is 0 Å². The molecule has 2 heterocycles. The van der Waals surface area contributed by atoms with Gasteiger partial charge in [-0.3, -0.25) is 18.2 Å².